The Morgan fingerprint density at radius 1 is 1.19 bits per heavy atom. The second-order valence-corrected chi connectivity index (χ2v) is 5.70. The maximum absolute atomic E-state index is 5.76. The zero-order chi connectivity index (χ0) is 17.9. The summed E-state index contributed by atoms with van der Waals surface area (Å²) in [5.74, 6) is 1.34. The number of methoxy groups -OCH3 is 1. The van der Waals surface area contributed by atoms with Crippen molar-refractivity contribution in [1.29, 1.82) is 0 Å². The number of hydrogen-bond acceptors (Lipinski definition) is 4. The molecule has 0 aliphatic heterocycles. The number of halogens is 1. The van der Waals surface area contributed by atoms with Crippen molar-refractivity contribution in [2.45, 2.75) is 26.1 Å². The standard InChI is InChI=1S/C19H26N4O2.HI/c1-15(13-24-3)23-19(20-2)22-12-17-9-10-21-18(11-17)25-14-16-7-5-4-6-8-16;/h4-11,15H,12-14H2,1-3H3,(H2,20,22,23);1H. The third-order valence-electron chi connectivity index (χ3n) is 3.51. The molecule has 2 rings (SSSR count). The van der Waals surface area contributed by atoms with Crippen molar-refractivity contribution in [3.63, 3.8) is 0 Å². The summed E-state index contributed by atoms with van der Waals surface area (Å²) in [4.78, 5) is 8.48. The Morgan fingerprint density at radius 2 is 1.96 bits per heavy atom. The predicted octanol–water partition coefficient (Wildman–Crippen LogP) is 2.98. The highest BCUT2D eigenvalue weighted by Gasteiger charge is 2.05. The van der Waals surface area contributed by atoms with Crippen LogP contribution < -0.4 is 15.4 Å². The molecule has 2 N–H and O–H groups in total. The molecule has 0 spiro atoms. The summed E-state index contributed by atoms with van der Waals surface area (Å²) < 4.78 is 10.9. The summed E-state index contributed by atoms with van der Waals surface area (Å²) in [6.07, 6.45) is 1.75. The van der Waals surface area contributed by atoms with Crippen LogP contribution in [0.3, 0.4) is 0 Å². The maximum atomic E-state index is 5.76. The van der Waals surface area contributed by atoms with Crippen LogP contribution in [-0.2, 0) is 17.9 Å². The molecule has 0 bridgehead atoms. The van der Waals surface area contributed by atoms with Gasteiger partial charge in [0.1, 0.15) is 6.61 Å². The van der Waals surface area contributed by atoms with Crippen molar-refractivity contribution in [2.24, 2.45) is 4.99 Å². The summed E-state index contributed by atoms with van der Waals surface area (Å²) in [6, 6.07) is 14.1. The molecule has 26 heavy (non-hydrogen) atoms. The van der Waals surface area contributed by atoms with E-state index in [0.717, 1.165) is 17.1 Å². The lowest BCUT2D eigenvalue weighted by atomic mass is 10.2. The van der Waals surface area contributed by atoms with Crippen LogP contribution in [0.15, 0.2) is 53.7 Å². The normalized spacial score (nSPS) is 12.0. The number of aromatic nitrogens is 1. The molecule has 6 nitrogen and oxygen atoms in total. The van der Waals surface area contributed by atoms with Gasteiger partial charge in [0.25, 0.3) is 0 Å². The fourth-order valence-corrected chi connectivity index (χ4v) is 2.28. The average molecular weight is 470 g/mol. The van der Waals surface area contributed by atoms with E-state index in [1.165, 1.54) is 0 Å². The molecule has 142 valence electrons. The van der Waals surface area contributed by atoms with Crippen LogP contribution >= 0.6 is 24.0 Å². The predicted molar refractivity (Wildman–Crippen MR) is 115 cm³/mol. The second kappa shape index (κ2) is 12.5. The number of rotatable bonds is 8. The van der Waals surface area contributed by atoms with Crippen molar-refractivity contribution in [3.8, 4) is 5.88 Å². The third kappa shape index (κ3) is 8.01. The van der Waals surface area contributed by atoms with Crippen molar-refractivity contribution in [3.05, 3.63) is 59.8 Å². The Kier molecular flexibility index (Phi) is 10.6. The first kappa shape index (κ1) is 22.2. The van der Waals surface area contributed by atoms with Gasteiger partial charge < -0.3 is 20.1 Å². The number of guanidine groups is 1. The molecule has 0 saturated heterocycles. The summed E-state index contributed by atoms with van der Waals surface area (Å²) in [5, 5.41) is 6.54. The highest BCUT2D eigenvalue weighted by atomic mass is 127. The van der Waals surface area contributed by atoms with Crippen LogP contribution in [0, 0.1) is 0 Å². The zero-order valence-corrected chi connectivity index (χ0v) is 17.8. The van der Waals surface area contributed by atoms with Crippen LogP contribution in [0.2, 0.25) is 0 Å². The fourth-order valence-electron chi connectivity index (χ4n) is 2.28. The minimum atomic E-state index is 0. The molecule has 7 heteroatoms. The lowest BCUT2D eigenvalue weighted by molar-refractivity contribution is 0.179. The molecule has 1 unspecified atom stereocenters. The van der Waals surface area contributed by atoms with Gasteiger partial charge in [0.15, 0.2) is 5.96 Å². The van der Waals surface area contributed by atoms with Gasteiger partial charge in [-0.2, -0.15) is 0 Å². The quantitative estimate of drug-likeness (QED) is 0.353. The van der Waals surface area contributed by atoms with Crippen molar-refractivity contribution < 1.29 is 9.47 Å². The number of nitrogens with one attached hydrogen (secondary N) is 2. The molecule has 0 amide bonds. The number of aliphatic imine (C=N–C) groups is 1. The van der Waals surface area contributed by atoms with Crippen LogP contribution in [0.4, 0.5) is 0 Å². The number of benzene rings is 1. The largest absolute Gasteiger partial charge is 0.473 e. The van der Waals surface area contributed by atoms with E-state index in [2.05, 4.69) is 20.6 Å². The first-order valence-corrected chi connectivity index (χ1v) is 8.29. The van der Waals surface area contributed by atoms with E-state index in [-0.39, 0.29) is 30.0 Å². The summed E-state index contributed by atoms with van der Waals surface area (Å²) in [6.45, 7) is 3.79. The van der Waals surface area contributed by atoms with Gasteiger partial charge in [-0.15, -0.1) is 24.0 Å². The van der Waals surface area contributed by atoms with Crippen LogP contribution in [0.25, 0.3) is 0 Å². The smallest absolute Gasteiger partial charge is 0.213 e. The van der Waals surface area contributed by atoms with Gasteiger partial charge in [-0.3, -0.25) is 4.99 Å². The van der Waals surface area contributed by atoms with Gasteiger partial charge in [0, 0.05) is 39.0 Å². The van der Waals surface area contributed by atoms with E-state index < -0.39 is 0 Å². The van der Waals surface area contributed by atoms with Crippen LogP contribution in [0.1, 0.15) is 18.1 Å². The number of pyridine rings is 1. The Balaban J connectivity index is 0.00000338. The van der Waals surface area contributed by atoms with Crippen LogP contribution in [-0.4, -0.2) is 37.7 Å². The highest BCUT2D eigenvalue weighted by Crippen LogP contribution is 2.11. The van der Waals surface area contributed by atoms with Gasteiger partial charge >= 0.3 is 0 Å². The molecule has 0 radical (unpaired) electrons. The summed E-state index contributed by atoms with van der Waals surface area (Å²) in [7, 11) is 3.43. The fraction of sp³-hybridized carbons (Fsp3) is 0.368. The lowest BCUT2D eigenvalue weighted by Crippen LogP contribution is -2.43. The van der Waals surface area contributed by atoms with E-state index in [9.17, 15) is 0 Å². The van der Waals surface area contributed by atoms with Gasteiger partial charge in [-0.25, -0.2) is 4.98 Å². The average Bonchev–Trinajstić information content (AvgIpc) is 2.65. The highest BCUT2D eigenvalue weighted by molar-refractivity contribution is 14.0. The van der Waals surface area contributed by atoms with Gasteiger partial charge in [0.2, 0.25) is 5.88 Å². The number of nitrogens with zero attached hydrogens (tertiary/aromatic N) is 2. The first-order chi connectivity index (χ1) is 12.2. The molecule has 1 aromatic heterocycles. The molecule has 1 atom stereocenters. The van der Waals surface area contributed by atoms with Gasteiger partial charge in [0.05, 0.1) is 6.61 Å². The Morgan fingerprint density at radius 3 is 2.65 bits per heavy atom. The van der Waals surface area contributed by atoms with Crippen molar-refractivity contribution >= 4 is 29.9 Å². The Hall–Kier alpha value is -1.87. The first-order valence-electron chi connectivity index (χ1n) is 8.29. The molecule has 0 fully saturated rings. The second-order valence-electron chi connectivity index (χ2n) is 5.70. The molecular formula is C19H27IN4O2. The number of hydrogen-bond donors (Lipinski definition) is 2. The molecular weight excluding hydrogens is 443 g/mol. The van der Waals surface area contributed by atoms with Crippen molar-refractivity contribution in [1.82, 2.24) is 15.6 Å². The van der Waals surface area contributed by atoms with Gasteiger partial charge in [-0.05, 0) is 24.1 Å². The SMILES string of the molecule is CN=C(NCc1ccnc(OCc2ccccc2)c1)NC(C)COC.I. The minimum absolute atomic E-state index is 0. The minimum Gasteiger partial charge on any atom is -0.473 e. The zero-order valence-electron chi connectivity index (χ0n) is 15.4. The molecule has 0 aliphatic carbocycles. The van der Waals surface area contributed by atoms with E-state index in [0.29, 0.717) is 25.6 Å². The van der Waals surface area contributed by atoms with Crippen LogP contribution in [0.5, 0.6) is 5.88 Å². The molecule has 1 heterocycles. The van der Waals surface area contributed by atoms with E-state index >= 15 is 0 Å². The van der Waals surface area contributed by atoms with E-state index in [1.54, 1.807) is 20.4 Å². The topological polar surface area (TPSA) is 67.8 Å². The van der Waals surface area contributed by atoms with Gasteiger partial charge in [-0.1, -0.05) is 30.3 Å². The Bertz CT molecular complexity index is 668. The molecule has 1 aromatic carbocycles. The summed E-state index contributed by atoms with van der Waals surface area (Å²) >= 11 is 0. The molecule has 0 aliphatic rings. The third-order valence-corrected chi connectivity index (χ3v) is 3.51. The number of ether oxygens (including phenoxy) is 2. The summed E-state index contributed by atoms with van der Waals surface area (Å²) in [5.41, 5.74) is 2.19. The van der Waals surface area contributed by atoms with E-state index in [1.807, 2.05) is 49.4 Å². The maximum Gasteiger partial charge on any atom is 0.213 e. The molecule has 0 saturated carbocycles. The van der Waals surface area contributed by atoms with Crippen molar-refractivity contribution in [2.75, 3.05) is 20.8 Å². The lowest BCUT2D eigenvalue weighted by Gasteiger charge is -2.17. The monoisotopic (exact) mass is 470 g/mol. The Labute approximate surface area is 172 Å². The molecule has 2 aromatic rings. The van der Waals surface area contributed by atoms with E-state index in [4.69, 9.17) is 9.47 Å².